The van der Waals surface area contributed by atoms with Crippen molar-refractivity contribution in [1.82, 2.24) is 10.3 Å². The number of nitrogens with one attached hydrogen (secondary N) is 2. The molecular formula is C21H19F3N2O4. The van der Waals surface area contributed by atoms with Crippen LogP contribution in [0, 0.1) is 0 Å². The van der Waals surface area contributed by atoms with Crippen molar-refractivity contribution in [1.29, 1.82) is 0 Å². The standard InChI is InChI=1S/C21H19F3N2O4/c1-2-29-20(28)18-10-15-9-14(5-8-17(15)26-18)19(27)25-11-13-3-6-16(7-4-13)30-12-21(22,23)24/h3-10,26H,2,11-12H2,1H3,(H,25,27). The fourth-order valence-electron chi connectivity index (χ4n) is 2.75. The number of carbonyl (C=O) groups is 2. The van der Waals surface area contributed by atoms with E-state index in [9.17, 15) is 22.8 Å². The number of aromatic nitrogens is 1. The van der Waals surface area contributed by atoms with Crippen molar-refractivity contribution in [3.05, 3.63) is 65.4 Å². The summed E-state index contributed by atoms with van der Waals surface area (Å²) in [5.41, 5.74) is 2.11. The van der Waals surface area contributed by atoms with Gasteiger partial charge in [-0.1, -0.05) is 12.1 Å². The van der Waals surface area contributed by atoms with Crippen molar-refractivity contribution in [3.63, 3.8) is 0 Å². The summed E-state index contributed by atoms with van der Waals surface area (Å²) >= 11 is 0. The van der Waals surface area contributed by atoms with Crippen molar-refractivity contribution in [3.8, 4) is 5.75 Å². The molecule has 1 aromatic heterocycles. The molecule has 3 rings (SSSR count). The van der Waals surface area contributed by atoms with E-state index in [4.69, 9.17) is 4.74 Å². The van der Waals surface area contributed by atoms with Crippen LogP contribution >= 0.6 is 0 Å². The van der Waals surface area contributed by atoms with Crippen LogP contribution in [-0.2, 0) is 11.3 Å². The highest BCUT2D eigenvalue weighted by Crippen LogP contribution is 2.20. The molecule has 0 saturated carbocycles. The number of carbonyl (C=O) groups excluding carboxylic acids is 2. The molecule has 0 atom stereocenters. The van der Waals surface area contributed by atoms with E-state index in [1.54, 1.807) is 43.3 Å². The predicted molar refractivity (Wildman–Crippen MR) is 103 cm³/mol. The highest BCUT2D eigenvalue weighted by Gasteiger charge is 2.28. The Kier molecular flexibility index (Phi) is 6.29. The predicted octanol–water partition coefficient (Wildman–Crippen LogP) is 4.22. The van der Waals surface area contributed by atoms with Crippen LogP contribution < -0.4 is 10.1 Å². The zero-order valence-corrected chi connectivity index (χ0v) is 16.0. The molecule has 0 aliphatic carbocycles. The van der Waals surface area contributed by atoms with Crippen LogP contribution in [0.4, 0.5) is 13.2 Å². The van der Waals surface area contributed by atoms with E-state index in [-0.39, 0.29) is 24.8 Å². The first-order valence-corrected chi connectivity index (χ1v) is 9.12. The van der Waals surface area contributed by atoms with Crippen LogP contribution in [0.25, 0.3) is 10.9 Å². The third kappa shape index (κ3) is 5.53. The zero-order valence-electron chi connectivity index (χ0n) is 16.0. The lowest BCUT2D eigenvalue weighted by Crippen LogP contribution is -2.22. The molecule has 3 aromatic rings. The maximum Gasteiger partial charge on any atom is 0.422 e. The normalized spacial score (nSPS) is 11.3. The SMILES string of the molecule is CCOC(=O)c1cc2cc(C(=O)NCc3ccc(OCC(F)(F)F)cc3)ccc2[nH]1. The number of amides is 1. The zero-order chi connectivity index (χ0) is 21.7. The second-order valence-electron chi connectivity index (χ2n) is 6.44. The van der Waals surface area contributed by atoms with Gasteiger partial charge in [0.15, 0.2) is 6.61 Å². The Labute approximate surface area is 170 Å². The topological polar surface area (TPSA) is 80.4 Å². The molecule has 9 heteroatoms. The molecule has 158 valence electrons. The maximum absolute atomic E-state index is 12.4. The molecule has 30 heavy (non-hydrogen) atoms. The van der Waals surface area contributed by atoms with Crippen LogP contribution in [0.15, 0.2) is 48.5 Å². The van der Waals surface area contributed by atoms with E-state index < -0.39 is 18.8 Å². The van der Waals surface area contributed by atoms with E-state index in [2.05, 4.69) is 15.0 Å². The Bertz CT molecular complexity index is 1040. The molecule has 0 aliphatic rings. The monoisotopic (exact) mass is 420 g/mol. The van der Waals surface area contributed by atoms with Gasteiger partial charge < -0.3 is 19.8 Å². The maximum atomic E-state index is 12.4. The lowest BCUT2D eigenvalue weighted by molar-refractivity contribution is -0.153. The fraction of sp³-hybridized carbons (Fsp3) is 0.238. The van der Waals surface area contributed by atoms with Gasteiger partial charge in [-0.15, -0.1) is 0 Å². The average Bonchev–Trinajstić information content (AvgIpc) is 3.14. The summed E-state index contributed by atoms with van der Waals surface area (Å²) in [5, 5.41) is 3.44. The van der Waals surface area contributed by atoms with Gasteiger partial charge in [-0.25, -0.2) is 4.79 Å². The van der Waals surface area contributed by atoms with E-state index in [1.165, 1.54) is 12.1 Å². The number of rotatable bonds is 7. The summed E-state index contributed by atoms with van der Waals surface area (Å²) in [6.07, 6.45) is -4.40. The summed E-state index contributed by atoms with van der Waals surface area (Å²) in [5.74, 6) is -0.701. The number of aromatic amines is 1. The first kappa shape index (κ1) is 21.2. The minimum absolute atomic E-state index is 0.0951. The molecule has 0 radical (unpaired) electrons. The molecule has 0 fully saturated rings. The number of halogens is 3. The number of hydrogen-bond donors (Lipinski definition) is 2. The summed E-state index contributed by atoms with van der Waals surface area (Å²) in [4.78, 5) is 27.2. The second kappa shape index (κ2) is 8.89. The fourth-order valence-corrected chi connectivity index (χ4v) is 2.75. The minimum Gasteiger partial charge on any atom is -0.484 e. The van der Waals surface area contributed by atoms with Gasteiger partial charge >= 0.3 is 12.1 Å². The Morgan fingerprint density at radius 2 is 1.80 bits per heavy atom. The summed E-state index contributed by atoms with van der Waals surface area (Å²) < 4.78 is 46.1. The number of benzene rings is 2. The van der Waals surface area contributed by atoms with E-state index >= 15 is 0 Å². The molecule has 1 heterocycles. The van der Waals surface area contributed by atoms with Crippen LogP contribution in [0.2, 0.25) is 0 Å². The molecular weight excluding hydrogens is 401 g/mol. The molecule has 0 unspecified atom stereocenters. The van der Waals surface area contributed by atoms with Crippen molar-refractivity contribution < 1.29 is 32.2 Å². The minimum atomic E-state index is -4.40. The van der Waals surface area contributed by atoms with Crippen LogP contribution in [0.3, 0.4) is 0 Å². The number of alkyl halides is 3. The Morgan fingerprint density at radius 3 is 2.47 bits per heavy atom. The summed E-state index contributed by atoms with van der Waals surface area (Å²) in [7, 11) is 0. The molecule has 0 spiro atoms. The number of H-pyrrole nitrogens is 1. The highest BCUT2D eigenvalue weighted by molar-refractivity contribution is 6.00. The number of hydrogen-bond acceptors (Lipinski definition) is 4. The van der Waals surface area contributed by atoms with E-state index in [0.29, 0.717) is 27.7 Å². The molecule has 2 N–H and O–H groups in total. The molecule has 0 aliphatic heterocycles. The highest BCUT2D eigenvalue weighted by atomic mass is 19.4. The Balaban J connectivity index is 1.60. The first-order chi connectivity index (χ1) is 14.2. The third-order valence-electron chi connectivity index (χ3n) is 4.16. The average molecular weight is 420 g/mol. The van der Waals surface area contributed by atoms with Crippen molar-refractivity contribution in [2.75, 3.05) is 13.2 Å². The lowest BCUT2D eigenvalue weighted by atomic mass is 10.1. The Hall–Kier alpha value is -3.49. The molecule has 2 aromatic carbocycles. The van der Waals surface area contributed by atoms with Gasteiger partial charge in [0, 0.05) is 23.0 Å². The van der Waals surface area contributed by atoms with Crippen LogP contribution in [0.5, 0.6) is 5.75 Å². The lowest BCUT2D eigenvalue weighted by Gasteiger charge is -2.10. The largest absolute Gasteiger partial charge is 0.484 e. The van der Waals surface area contributed by atoms with E-state index in [1.807, 2.05) is 0 Å². The summed E-state index contributed by atoms with van der Waals surface area (Å²) in [6.45, 7) is 0.809. The van der Waals surface area contributed by atoms with Crippen LogP contribution in [0.1, 0.15) is 33.3 Å². The molecule has 6 nitrogen and oxygen atoms in total. The quantitative estimate of drug-likeness (QED) is 0.561. The number of fused-ring (bicyclic) bond motifs is 1. The van der Waals surface area contributed by atoms with Gasteiger partial charge in [0.1, 0.15) is 11.4 Å². The van der Waals surface area contributed by atoms with E-state index in [0.717, 1.165) is 0 Å². The molecule has 0 saturated heterocycles. The smallest absolute Gasteiger partial charge is 0.422 e. The van der Waals surface area contributed by atoms with Crippen LogP contribution in [-0.4, -0.2) is 36.3 Å². The number of ether oxygens (including phenoxy) is 2. The van der Waals surface area contributed by atoms with Gasteiger partial charge in [-0.05, 0) is 48.9 Å². The van der Waals surface area contributed by atoms with Gasteiger partial charge in [-0.2, -0.15) is 13.2 Å². The third-order valence-corrected chi connectivity index (χ3v) is 4.16. The molecule has 0 bridgehead atoms. The number of esters is 1. The molecule has 1 amide bonds. The van der Waals surface area contributed by atoms with Gasteiger partial charge in [0.05, 0.1) is 6.61 Å². The van der Waals surface area contributed by atoms with Gasteiger partial charge in [0.25, 0.3) is 5.91 Å². The summed E-state index contributed by atoms with van der Waals surface area (Å²) in [6, 6.07) is 12.6. The van der Waals surface area contributed by atoms with Gasteiger partial charge in [0.2, 0.25) is 0 Å². The van der Waals surface area contributed by atoms with Gasteiger partial charge in [-0.3, -0.25) is 4.79 Å². The second-order valence-corrected chi connectivity index (χ2v) is 6.44. The van der Waals surface area contributed by atoms with Crippen molar-refractivity contribution in [2.24, 2.45) is 0 Å². The van der Waals surface area contributed by atoms with Crippen molar-refractivity contribution >= 4 is 22.8 Å². The Morgan fingerprint density at radius 1 is 1.07 bits per heavy atom. The first-order valence-electron chi connectivity index (χ1n) is 9.12. The van der Waals surface area contributed by atoms with Crippen molar-refractivity contribution in [2.45, 2.75) is 19.6 Å².